The molecule has 1 saturated carbocycles. The molecule has 2 aliphatic rings. The number of aliphatic imine (C=N–C) groups is 1. The van der Waals surface area contributed by atoms with Gasteiger partial charge in [0.2, 0.25) is 5.91 Å². The Balaban J connectivity index is 0.00000300. The van der Waals surface area contributed by atoms with Crippen molar-refractivity contribution in [2.45, 2.75) is 64.6 Å². The molecule has 0 aromatic heterocycles. The zero-order valence-corrected chi connectivity index (χ0v) is 20.2. The quantitative estimate of drug-likeness (QED) is 0.309. The van der Waals surface area contributed by atoms with E-state index in [-0.39, 0.29) is 35.8 Å². The number of carbonyl (C=O) groups is 1. The molecule has 1 aliphatic carbocycles. The Kier molecular flexibility index (Phi) is 9.68. The summed E-state index contributed by atoms with van der Waals surface area (Å²) in [5.41, 5.74) is 2.00. The van der Waals surface area contributed by atoms with Crippen LogP contribution >= 0.6 is 24.0 Å². The molecule has 0 unspecified atom stereocenters. The van der Waals surface area contributed by atoms with E-state index in [0.29, 0.717) is 18.6 Å². The lowest BCUT2D eigenvalue weighted by atomic mass is 9.85. The van der Waals surface area contributed by atoms with Gasteiger partial charge in [-0.3, -0.25) is 9.79 Å². The molecule has 1 amide bonds. The highest BCUT2D eigenvalue weighted by Crippen LogP contribution is 2.27. The molecule has 0 radical (unpaired) electrons. The maximum absolute atomic E-state index is 12.1. The van der Waals surface area contributed by atoms with E-state index in [1.807, 2.05) is 25.2 Å². The van der Waals surface area contributed by atoms with Crippen LogP contribution in [0.5, 0.6) is 0 Å². The fraction of sp³-hybridized carbons (Fsp3) is 0.636. The van der Waals surface area contributed by atoms with Crippen molar-refractivity contribution in [1.82, 2.24) is 15.5 Å². The molecule has 1 aromatic rings. The van der Waals surface area contributed by atoms with E-state index < -0.39 is 0 Å². The topological polar surface area (TPSA) is 68.8 Å². The Labute approximate surface area is 192 Å². The molecule has 0 spiro atoms. The first-order valence-corrected chi connectivity index (χ1v) is 10.7. The van der Waals surface area contributed by atoms with Crippen LogP contribution in [0.3, 0.4) is 0 Å². The number of hydrogen-bond acceptors (Lipinski definition) is 3. The first-order chi connectivity index (χ1) is 13.5. The number of hydrogen-bond donors (Lipinski definition) is 3. The van der Waals surface area contributed by atoms with Crippen molar-refractivity contribution in [2.24, 2.45) is 10.9 Å². The van der Waals surface area contributed by atoms with Crippen molar-refractivity contribution in [2.75, 3.05) is 25.5 Å². The first-order valence-electron chi connectivity index (χ1n) is 10.7. The summed E-state index contributed by atoms with van der Waals surface area (Å²) >= 11 is 0. The minimum absolute atomic E-state index is 0. The van der Waals surface area contributed by atoms with Crippen molar-refractivity contribution in [3.63, 3.8) is 0 Å². The molecular formula is C22H36IN5O. The molecule has 2 fully saturated rings. The van der Waals surface area contributed by atoms with Crippen LogP contribution in [0, 0.1) is 5.92 Å². The van der Waals surface area contributed by atoms with Gasteiger partial charge in [-0.2, -0.15) is 0 Å². The van der Waals surface area contributed by atoms with Crippen LogP contribution in [0.25, 0.3) is 0 Å². The van der Waals surface area contributed by atoms with E-state index in [9.17, 15) is 4.79 Å². The van der Waals surface area contributed by atoms with Crippen LogP contribution < -0.4 is 16.0 Å². The number of halogens is 1. The second-order valence-electron chi connectivity index (χ2n) is 8.29. The number of carbonyl (C=O) groups excluding carboxylic acids is 1. The molecule has 1 aliphatic heterocycles. The average molecular weight is 513 g/mol. The lowest BCUT2D eigenvalue weighted by Crippen LogP contribution is -2.49. The number of likely N-dealkylation sites (tertiary alicyclic amines) is 1. The Morgan fingerprint density at radius 1 is 1.21 bits per heavy atom. The van der Waals surface area contributed by atoms with E-state index in [1.54, 1.807) is 0 Å². The van der Waals surface area contributed by atoms with E-state index in [2.05, 4.69) is 45.8 Å². The number of piperidine rings is 1. The van der Waals surface area contributed by atoms with Crippen molar-refractivity contribution < 1.29 is 4.79 Å². The number of nitrogens with zero attached hydrogens (tertiary/aromatic N) is 2. The van der Waals surface area contributed by atoms with Gasteiger partial charge in [0.05, 0.1) is 0 Å². The third-order valence-electron chi connectivity index (χ3n) is 5.95. The summed E-state index contributed by atoms with van der Waals surface area (Å²) in [7, 11) is 1.81. The van der Waals surface area contributed by atoms with Gasteiger partial charge in [0, 0.05) is 50.4 Å². The molecular weight excluding hydrogens is 477 g/mol. The van der Waals surface area contributed by atoms with Crippen molar-refractivity contribution in [1.29, 1.82) is 0 Å². The molecule has 7 heteroatoms. The largest absolute Gasteiger partial charge is 0.354 e. The summed E-state index contributed by atoms with van der Waals surface area (Å²) < 4.78 is 0. The van der Waals surface area contributed by atoms with E-state index in [1.165, 1.54) is 6.42 Å². The second kappa shape index (κ2) is 11.7. The van der Waals surface area contributed by atoms with E-state index >= 15 is 0 Å². The van der Waals surface area contributed by atoms with E-state index in [4.69, 9.17) is 0 Å². The molecule has 1 heterocycles. The molecule has 6 nitrogen and oxygen atoms in total. The molecule has 3 N–H and O–H groups in total. The second-order valence-corrected chi connectivity index (χ2v) is 8.29. The number of guanidine groups is 1. The van der Waals surface area contributed by atoms with Gasteiger partial charge >= 0.3 is 0 Å². The van der Waals surface area contributed by atoms with Gasteiger partial charge in [0.15, 0.2) is 5.96 Å². The minimum atomic E-state index is 0. The van der Waals surface area contributed by atoms with Crippen molar-refractivity contribution in [3.05, 3.63) is 29.8 Å². The lowest BCUT2D eigenvalue weighted by Gasteiger charge is -2.35. The molecule has 0 bridgehead atoms. The molecule has 1 saturated heterocycles. The summed E-state index contributed by atoms with van der Waals surface area (Å²) in [5, 5.41) is 10.0. The van der Waals surface area contributed by atoms with Gasteiger partial charge in [0.1, 0.15) is 0 Å². The SMILES string of the molecule is CN=C(NCc1cccc(NC(=O)C2CCC2)c1)NC1CCN(C(C)C)CC1.I. The van der Waals surface area contributed by atoms with Gasteiger partial charge in [-0.15, -0.1) is 24.0 Å². The molecule has 1 aromatic carbocycles. The molecule has 162 valence electrons. The van der Waals surface area contributed by atoms with Crippen LogP contribution in [0.4, 0.5) is 5.69 Å². The highest BCUT2D eigenvalue weighted by atomic mass is 127. The molecule has 0 atom stereocenters. The average Bonchev–Trinajstić information content (AvgIpc) is 2.64. The maximum Gasteiger partial charge on any atom is 0.227 e. The summed E-state index contributed by atoms with van der Waals surface area (Å²) in [5.74, 6) is 1.19. The van der Waals surface area contributed by atoms with Crippen LogP contribution in [0.2, 0.25) is 0 Å². The monoisotopic (exact) mass is 513 g/mol. The number of benzene rings is 1. The number of rotatable bonds is 6. The van der Waals surface area contributed by atoms with Gasteiger partial charge < -0.3 is 20.9 Å². The van der Waals surface area contributed by atoms with E-state index in [0.717, 1.165) is 56.0 Å². The number of amides is 1. The van der Waals surface area contributed by atoms with Gasteiger partial charge in [0.25, 0.3) is 0 Å². The summed E-state index contributed by atoms with van der Waals surface area (Å²) in [6.07, 6.45) is 5.49. The highest BCUT2D eigenvalue weighted by molar-refractivity contribution is 14.0. The van der Waals surface area contributed by atoms with Crippen LogP contribution in [0.15, 0.2) is 29.3 Å². The van der Waals surface area contributed by atoms with Gasteiger partial charge in [-0.05, 0) is 57.2 Å². The van der Waals surface area contributed by atoms with Crippen molar-refractivity contribution >= 4 is 41.5 Å². The van der Waals surface area contributed by atoms with Gasteiger partial charge in [-0.1, -0.05) is 18.6 Å². The van der Waals surface area contributed by atoms with Crippen LogP contribution in [-0.2, 0) is 11.3 Å². The maximum atomic E-state index is 12.1. The summed E-state index contributed by atoms with van der Waals surface area (Å²) in [6.45, 7) is 7.47. The number of nitrogens with one attached hydrogen (secondary N) is 3. The Morgan fingerprint density at radius 2 is 1.93 bits per heavy atom. The Bertz CT molecular complexity index is 682. The molecule has 29 heavy (non-hydrogen) atoms. The smallest absolute Gasteiger partial charge is 0.227 e. The predicted octanol–water partition coefficient (Wildman–Crippen LogP) is 3.58. The summed E-state index contributed by atoms with van der Waals surface area (Å²) in [6, 6.07) is 9.14. The van der Waals surface area contributed by atoms with Gasteiger partial charge in [-0.25, -0.2) is 0 Å². The normalized spacial score (nSPS) is 18.7. The Morgan fingerprint density at radius 3 is 2.52 bits per heavy atom. The fourth-order valence-electron chi connectivity index (χ4n) is 3.81. The highest BCUT2D eigenvalue weighted by Gasteiger charge is 2.25. The zero-order chi connectivity index (χ0) is 19.9. The first kappa shape index (κ1) is 23.9. The minimum Gasteiger partial charge on any atom is -0.354 e. The lowest BCUT2D eigenvalue weighted by molar-refractivity contribution is -0.122. The van der Waals surface area contributed by atoms with Crippen LogP contribution in [-0.4, -0.2) is 49.0 Å². The fourth-order valence-corrected chi connectivity index (χ4v) is 3.81. The third kappa shape index (κ3) is 7.13. The van der Waals surface area contributed by atoms with Crippen molar-refractivity contribution in [3.8, 4) is 0 Å². The third-order valence-corrected chi connectivity index (χ3v) is 5.95. The number of anilines is 1. The standard InChI is InChI=1S/C22H35N5O.HI/c1-16(2)27-12-10-19(11-13-27)26-22(23-3)24-15-17-6-4-9-20(14-17)25-21(28)18-7-5-8-18;/h4,6,9,14,16,18-19H,5,7-8,10-13,15H2,1-3H3,(H,25,28)(H2,23,24,26);1H. The predicted molar refractivity (Wildman–Crippen MR) is 131 cm³/mol. The Hall–Kier alpha value is -1.35. The summed E-state index contributed by atoms with van der Waals surface area (Å²) in [4.78, 5) is 19.0. The molecule has 3 rings (SSSR count). The zero-order valence-electron chi connectivity index (χ0n) is 17.9. The van der Waals surface area contributed by atoms with Crippen LogP contribution in [0.1, 0.15) is 51.5 Å².